The van der Waals surface area contributed by atoms with Crippen LogP contribution in [0.2, 0.25) is 0 Å². The van der Waals surface area contributed by atoms with Crippen LogP contribution in [0.4, 0.5) is 0 Å². The van der Waals surface area contributed by atoms with Gasteiger partial charge in [-0.2, -0.15) is 0 Å². The molecular weight excluding hydrogens is 200 g/mol. The van der Waals surface area contributed by atoms with E-state index in [-0.39, 0.29) is 18.0 Å². The quantitative estimate of drug-likeness (QED) is 0.776. The fourth-order valence-electron chi connectivity index (χ4n) is 1.97. The van der Waals surface area contributed by atoms with Crippen molar-refractivity contribution in [3.63, 3.8) is 0 Å². The van der Waals surface area contributed by atoms with Crippen molar-refractivity contribution in [2.75, 3.05) is 0 Å². The number of hydrogen-bond donors (Lipinski definition) is 0. The first-order valence-electron chi connectivity index (χ1n) is 5.67. The van der Waals surface area contributed by atoms with Crippen molar-refractivity contribution < 1.29 is 9.53 Å². The van der Waals surface area contributed by atoms with Crippen molar-refractivity contribution in [1.29, 1.82) is 0 Å². The average Bonchev–Trinajstić information content (AvgIpc) is 2.71. The lowest BCUT2D eigenvalue weighted by Crippen LogP contribution is -2.12. The smallest absolute Gasteiger partial charge is 0.160 e. The van der Waals surface area contributed by atoms with E-state index in [1.807, 2.05) is 50.3 Å². The number of ether oxygens (including phenoxy) is 1. The summed E-state index contributed by atoms with van der Waals surface area (Å²) in [6.45, 7) is 3.81. The van der Waals surface area contributed by atoms with Gasteiger partial charge in [0.15, 0.2) is 5.78 Å². The molecule has 0 bridgehead atoms. The minimum atomic E-state index is -0.0855. The van der Waals surface area contributed by atoms with Gasteiger partial charge in [0.05, 0.1) is 6.10 Å². The van der Waals surface area contributed by atoms with E-state index < -0.39 is 0 Å². The summed E-state index contributed by atoms with van der Waals surface area (Å²) in [4.78, 5) is 11.7. The molecule has 2 heteroatoms. The number of carbonyl (C=O) groups excluding carboxylic acids is 1. The molecule has 2 unspecified atom stereocenters. The van der Waals surface area contributed by atoms with Crippen molar-refractivity contribution >= 4 is 5.78 Å². The Bertz CT molecular complexity index is 406. The Hall–Kier alpha value is -1.41. The molecule has 0 saturated heterocycles. The van der Waals surface area contributed by atoms with Gasteiger partial charge in [-0.1, -0.05) is 37.3 Å². The van der Waals surface area contributed by atoms with Crippen LogP contribution in [-0.2, 0) is 9.53 Å². The standard InChI is InChI=1S/C14H16O2/c1-3-13(15)12-9-14(16-10(12)2)11-7-5-4-6-8-11/h4-10,14H,3H2,1-2H3. The maximum absolute atomic E-state index is 11.7. The molecule has 1 aliphatic heterocycles. The van der Waals surface area contributed by atoms with Crippen LogP contribution in [0.5, 0.6) is 0 Å². The molecule has 0 N–H and O–H groups in total. The van der Waals surface area contributed by atoms with Crippen LogP contribution in [0.25, 0.3) is 0 Å². The van der Waals surface area contributed by atoms with E-state index in [1.165, 1.54) is 0 Å². The molecule has 1 heterocycles. The zero-order valence-corrected chi connectivity index (χ0v) is 9.64. The molecule has 0 fully saturated rings. The molecule has 1 aromatic carbocycles. The average molecular weight is 216 g/mol. The molecule has 0 saturated carbocycles. The van der Waals surface area contributed by atoms with Gasteiger partial charge in [0.25, 0.3) is 0 Å². The number of benzene rings is 1. The topological polar surface area (TPSA) is 26.3 Å². The lowest BCUT2D eigenvalue weighted by atomic mass is 10.0. The Morgan fingerprint density at radius 1 is 1.31 bits per heavy atom. The van der Waals surface area contributed by atoms with Gasteiger partial charge in [-0.25, -0.2) is 0 Å². The normalized spacial score (nSPS) is 24.2. The van der Waals surface area contributed by atoms with Gasteiger partial charge < -0.3 is 4.74 Å². The largest absolute Gasteiger partial charge is 0.362 e. The summed E-state index contributed by atoms with van der Waals surface area (Å²) in [6, 6.07) is 9.98. The van der Waals surface area contributed by atoms with Gasteiger partial charge in [0.1, 0.15) is 6.10 Å². The van der Waals surface area contributed by atoms with E-state index in [2.05, 4.69) is 0 Å². The van der Waals surface area contributed by atoms with E-state index in [0.29, 0.717) is 6.42 Å². The first kappa shape index (κ1) is 11.1. The Balaban J connectivity index is 2.22. The molecular formula is C14H16O2. The highest BCUT2D eigenvalue weighted by Crippen LogP contribution is 2.31. The Labute approximate surface area is 95.9 Å². The first-order chi connectivity index (χ1) is 7.72. The third kappa shape index (κ3) is 2.07. The molecule has 0 radical (unpaired) electrons. The molecule has 0 aromatic heterocycles. The summed E-state index contributed by atoms with van der Waals surface area (Å²) in [7, 11) is 0. The maximum Gasteiger partial charge on any atom is 0.160 e. The van der Waals surface area contributed by atoms with Gasteiger partial charge in [-0.05, 0) is 18.6 Å². The zero-order chi connectivity index (χ0) is 11.5. The maximum atomic E-state index is 11.7. The molecule has 2 atom stereocenters. The minimum Gasteiger partial charge on any atom is -0.362 e. The molecule has 84 valence electrons. The van der Waals surface area contributed by atoms with Gasteiger partial charge in [-0.15, -0.1) is 0 Å². The third-order valence-electron chi connectivity index (χ3n) is 2.89. The van der Waals surface area contributed by atoms with Gasteiger partial charge in [0, 0.05) is 12.0 Å². The summed E-state index contributed by atoms with van der Waals surface area (Å²) in [6.07, 6.45) is 2.34. The monoisotopic (exact) mass is 216 g/mol. The number of rotatable bonds is 3. The van der Waals surface area contributed by atoms with Crippen LogP contribution in [-0.4, -0.2) is 11.9 Å². The first-order valence-corrected chi connectivity index (χ1v) is 5.67. The van der Waals surface area contributed by atoms with E-state index >= 15 is 0 Å². The summed E-state index contributed by atoms with van der Waals surface area (Å²) in [5, 5.41) is 0. The molecule has 0 amide bonds. The molecule has 1 aliphatic rings. The molecule has 0 spiro atoms. The van der Waals surface area contributed by atoms with Gasteiger partial charge in [0.2, 0.25) is 0 Å². The van der Waals surface area contributed by atoms with Crippen LogP contribution in [0.1, 0.15) is 31.9 Å². The van der Waals surface area contributed by atoms with Crippen molar-refractivity contribution in [3.8, 4) is 0 Å². The fourth-order valence-corrected chi connectivity index (χ4v) is 1.97. The highest BCUT2D eigenvalue weighted by atomic mass is 16.5. The molecule has 0 aliphatic carbocycles. The number of carbonyl (C=O) groups is 1. The van der Waals surface area contributed by atoms with E-state index in [0.717, 1.165) is 11.1 Å². The van der Waals surface area contributed by atoms with E-state index in [4.69, 9.17) is 4.74 Å². The van der Waals surface area contributed by atoms with E-state index in [1.54, 1.807) is 0 Å². The second-order valence-corrected chi connectivity index (χ2v) is 4.01. The summed E-state index contributed by atoms with van der Waals surface area (Å²) in [5.41, 5.74) is 1.92. The van der Waals surface area contributed by atoms with Crippen molar-refractivity contribution in [3.05, 3.63) is 47.5 Å². The lowest BCUT2D eigenvalue weighted by Gasteiger charge is -2.11. The van der Waals surface area contributed by atoms with Crippen LogP contribution in [0.15, 0.2) is 42.0 Å². The highest BCUT2D eigenvalue weighted by molar-refractivity contribution is 5.96. The Morgan fingerprint density at radius 2 is 2.00 bits per heavy atom. The minimum absolute atomic E-state index is 0.0679. The van der Waals surface area contributed by atoms with Crippen LogP contribution in [0, 0.1) is 0 Å². The van der Waals surface area contributed by atoms with Crippen LogP contribution >= 0.6 is 0 Å². The zero-order valence-electron chi connectivity index (χ0n) is 9.64. The Morgan fingerprint density at radius 3 is 2.62 bits per heavy atom. The SMILES string of the molecule is CCC(=O)C1=CC(c2ccccc2)OC1C. The Kier molecular flexibility index (Phi) is 3.20. The van der Waals surface area contributed by atoms with Gasteiger partial charge >= 0.3 is 0 Å². The van der Waals surface area contributed by atoms with E-state index in [9.17, 15) is 4.79 Å². The second-order valence-electron chi connectivity index (χ2n) is 4.01. The molecule has 1 aromatic rings. The van der Waals surface area contributed by atoms with Crippen molar-refractivity contribution in [2.45, 2.75) is 32.5 Å². The van der Waals surface area contributed by atoms with Crippen molar-refractivity contribution in [1.82, 2.24) is 0 Å². The number of hydrogen-bond acceptors (Lipinski definition) is 2. The number of Topliss-reactive ketones (excluding diaryl/α,β-unsaturated/α-hetero) is 1. The third-order valence-corrected chi connectivity index (χ3v) is 2.89. The summed E-state index contributed by atoms with van der Waals surface area (Å²) in [5.74, 6) is 0.186. The predicted octanol–water partition coefficient (Wildman–Crippen LogP) is 3.05. The lowest BCUT2D eigenvalue weighted by molar-refractivity contribution is -0.116. The van der Waals surface area contributed by atoms with Crippen LogP contribution in [0.3, 0.4) is 0 Å². The summed E-state index contributed by atoms with van der Waals surface area (Å²) >= 11 is 0. The molecule has 2 nitrogen and oxygen atoms in total. The van der Waals surface area contributed by atoms with Crippen molar-refractivity contribution in [2.24, 2.45) is 0 Å². The molecule has 2 rings (SSSR count). The second kappa shape index (κ2) is 4.62. The van der Waals surface area contributed by atoms with Gasteiger partial charge in [-0.3, -0.25) is 4.79 Å². The predicted molar refractivity (Wildman–Crippen MR) is 63.1 cm³/mol. The molecule has 16 heavy (non-hydrogen) atoms. The number of ketones is 1. The fraction of sp³-hybridized carbons (Fsp3) is 0.357. The van der Waals surface area contributed by atoms with Crippen LogP contribution < -0.4 is 0 Å². The highest BCUT2D eigenvalue weighted by Gasteiger charge is 2.27. The summed E-state index contributed by atoms with van der Waals surface area (Å²) < 4.78 is 5.77.